The van der Waals surface area contributed by atoms with E-state index in [1.54, 1.807) is 28.3 Å². The Labute approximate surface area is 201 Å². The lowest BCUT2D eigenvalue weighted by atomic mass is 10.1. The highest BCUT2D eigenvalue weighted by Gasteiger charge is 2.23. The van der Waals surface area contributed by atoms with Crippen molar-refractivity contribution in [2.24, 2.45) is 0 Å². The Morgan fingerprint density at radius 1 is 1.00 bits per heavy atom. The number of anilines is 1. The van der Waals surface area contributed by atoms with E-state index in [1.165, 1.54) is 10.4 Å². The maximum atomic E-state index is 14.2. The molecule has 0 atom stereocenters. The van der Waals surface area contributed by atoms with Crippen molar-refractivity contribution < 1.29 is 4.39 Å². The Hall–Kier alpha value is -2.81. The summed E-state index contributed by atoms with van der Waals surface area (Å²) in [6, 6.07) is 11.2. The molecule has 176 valence electrons. The Kier molecular flexibility index (Phi) is 5.59. The third kappa shape index (κ3) is 3.79. The summed E-state index contributed by atoms with van der Waals surface area (Å²) in [5.41, 5.74) is 2.41. The molecule has 6 nitrogen and oxygen atoms in total. The lowest BCUT2D eigenvalue weighted by Crippen LogP contribution is -2.47. The zero-order valence-corrected chi connectivity index (χ0v) is 20.2. The highest BCUT2D eigenvalue weighted by Crippen LogP contribution is 2.32. The predicted molar refractivity (Wildman–Crippen MR) is 136 cm³/mol. The fraction of sp³-hybridized carbons (Fsp3) is 0.385. The van der Waals surface area contributed by atoms with E-state index in [-0.39, 0.29) is 11.4 Å². The highest BCUT2D eigenvalue weighted by molar-refractivity contribution is 7.18. The average Bonchev–Trinajstić information content (AvgIpc) is 3.23. The number of hydrogen-bond acceptors (Lipinski definition) is 6. The number of rotatable bonds is 4. The van der Waals surface area contributed by atoms with E-state index in [0.29, 0.717) is 11.9 Å². The molecule has 0 N–H and O–H groups in total. The van der Waals surface area contributed by atoms with Gasteiger partial charge in [0.15, 0.2) is 0 Å². The summed E-state index contributed by atoms with van der Waals surface area (Å²) in [5, 5.41) is 2.47. The van der Waals surface area contributed by atoms with E-state index < -0.39 is 0 Å². The molecule has 4 aromatic rings. The summed E-state index contributed by atoms with van der Waals surface area (Å²) in [5.74, 6) is -0.173. The number of likely N-dealkylation sites (N-methyl/N-ethyl adjacent to an activating group) is 1. The lowest BCUT2D eigenvalue weighted by molar-refractivity contribution is 0.247. The Bertz CT molecular complexity index is 1420. The molecule has 8 heteroatoms. The smallest absolute Gasteiger partial charge is 0.262 e. The highest BCUT2D eigenvalue weighted by atomic mass is 32.1. The number of hydrogen-bond donors (Lipinski definition) is 0. The van der Waals surface area contributed by atoms with E-state index in [2.05, 4.69) is 26.7 Å². The minimum atomic E-state index is -0.173. The van der Waals surface area contributed by atoms with Gasteiger partial charge in [-0.15, -0.1) is 11.3 Å². The Balaban J connectivity index is 1.14. The number of thiophene rings is 1. The quantitative estimate of drug-likeness (QED) is 0.450. The fourth-order valence-electron chi connectivity index (χ4n) is 5.29. The van der Waals surface area contributed by atoms with Crippen LogP contribution < -0.4 is 10.5 Å². The number of nitrogens with zero attached hydrogens (tertiary/aromatic N) is 5. The van der Waals surface area contributed by atoms with Crippen molar-refractivity contribution in [3.8, 4) is 0 Å². The zero-order chi connectivity index (χ0) is 23.2. The van der Waals surface area contributed by atoms with Gasteiger partial charge in [-0.2, -0.15) is 0 Å². The van der Waals surface area contributed by atoms with Crippen LogP contribution >= 0.6 is 11.3 Å². The standard InChI is InChI=1S/C26H28FN5OS/c1-29-9-8-20-23(16-29)34-25-24(20)26(33)32(17-28-25)15-12-30-10-13-31(14-11-30)22-7-6-21(27)18-4-2-3-5-19(18)22/h2-7,17H,8-16H2,1H3. The zero-order valence-electron chi connectivity index (χ0n) is 19.3. The first-order chi connectivity index (χ1) is 16.6. The first-order valence-electron chi connectivity index (χ1n) is 11.9. The van der Waals surface area contributed by atoms with Crippen LogP contribution in [0.15, 0.2) is 47.5 Å². The molecule has 2 aromatic carbocycles. The van der Waals surface area contributed by atoms with E-state index >= 15 is 0 Å². The molecule has 2 aromatic heterocycles. The summed E-state index contributed by atoms with van der Waals surface area (Å²) in [6.07, 6.45) is 2.64. The maximum absolute atomic E-state index is 14.2. The molecule has 2 aliphatic rings. The Morgan fingerprint density at radius 3 is 2.62 bits per heavy atom. The van der Waals surface area contributed by atoms with Gasteiger partial charge in [0.1, 0.15) is 10.6 Å². The molecule has 0 bridgehead atoms. The molecule has 6 rings (SSSR count). The van der Waals surface area contributed by atoms with E-state index in [4.69, 9.17) is 0 Å². The minimum Gasteiger partial charge on any atom is -0.368 e. The van der Waals surface area contributed by atoms with Gasteiger partial charge in [-0.05, 0) is 31.2 Å². The third-order valence-electron chi connectivity index (χ3n) is 7.24. The first-order valence-corrected chi connectivity index (χ1v) is 12.7. The van der Waals surface area contributed by atoms with Crippen LogP contribution in [-0.2, 0) is 19.5 Å². The molecule has 0 unspecified atom stereocenters. The van der Waals surface area contributed by atoms with Crippen LogP contribution in [0, 0.1) is 5.82 Å². The largest absolute Gasteiger partial charge is 0.368 e. The van der Waals surface area contributed by atoms with Gasteiger partial charge < -0.3 is 9.80 Å². The van der Waals surface area contributed by atoms with Crippen LogP contribution in [0.25, 0.3) is 21.0 Å². The van der Waals surface area contributed by atoms with Gasteiger partial charge in [0, 0.05) is 73.7 Å². The summed E-state index contributed by atoms with van der Waals surface area (Å²) >= 11 is 1.67. The molecule has 0 saturated carbocycles. The van der Waals surface area contributed by atoms with Crippen LogP contribution in [0.2, 0.25) is 0 Å². The molecule has 0 spiro atoms. The molecular formula is C26H28FN5OS. The number of fused-ring (bicyclic) bond motifs is 4. The molecule has 34 heavy (non-hydrogen) atoms. The molecule has 1 fully saturated rings. The summed E-state index contributed by atoms with van der Waals surface area (Å²) in [4.78, 5) is 27.1. The normalized spacial score (nSPS) is 17.5. The van der Waals surface area contributed by atoms with Gasteiger partial charge in [0.05, 0.1) is 11.7 Å². The fourth-order valence-corrected chi connectivity index (χ4v) is 6.55. The molecular weight excluding hydrogens is 449 g/mol. The van der Waals surface area contributed by atoms with Gasteiger partial charge >= 0.3 is 0 Å². The molecule has 0 amide bonds. The minimum absolute atomic E-state index is 0.100. The van der Waals surface area contributed by atoms with E-state index in [1.807, 2.05) is 30.3 Å². The molecule has 1 saturated heterocycles. The maximum Gasteiger partial charge on any atom is 0.262 e. The van der Waals surface area contributed by atoms with Crippen LogP contribution in [0.1, 0.15) is 10.4 Å². The predicted octanol–water partition coefficient (Wildman–Crippen LogP) is 3.56. The second-order valence-corrected chi connectivity index (χ2v) is 10.4. The topological polar surface area (TPSA) is 44.6 Å². The second kappa shape index (κ2) is 8.76. The average molecular weight is 478 g/mol. The van der Waals surface area contributed by atoms with Gasteiger partial charge in [-0.25, -0.2) is 9.37 Å². The summed E-state index contributed by atoms with van der Waals surface area (Å²) in [7, 11) is 2.12. The van der Waals surface area contributed by atoms with Crippen LogP contribution in [0.3, 0.4) is 0 Å². The number of piperazine rings is 1. The van der Waals surface area contributed by atoms with Gasteiger partial charge in [-0.1, -0.05) is 24.3 Å². The van der Waals surface area contributed by atoms with Gasteiger partial charge in [-0.3, -0.25) is 14.3 Å². The number of aromatic nitrogens is 2. The van der Waals surface area contributed by atoms with Crippen molar-refractivity contribution in [2.45, 2.75) is 19.5 Å². The number of halogens is 1. The van der Waals surface area contributed by atoms with Gasteiger partial charge in [0.25, 0.3) is 5.56 Å². The molecule has 2 aliphatic heterocycles. The van der Waals surface area contributed by atoms with Crippen molar-refractivity contribution in [1.82, 2.24) is 19.4 Å². The molecule has 0 radical (unpaired) electrons. The van der Waals surface area contributed by atoms with Gasteiger partial charge in [0.2, 0.25) is 0 Å². The van der Waals surface area contributed by atoms with Crippen molar-refractivity contribution in [3.63, 3.8) is 0 Å². The summed E-state index contributed by atoms with van der Waals surface area (Å²) in [6.45, 7) is 6.95. The number of benzene rings is 2. The Morgan fingerprint density at radius 2 is 1.79 bits per heavy atom. The van der Waals surface area contributed by atoms with Crippen molar-refractivity contribution >= 4 is 38.0 Å². The second-order valence-electron chi connectivity index (χ2n) is 9.36. The molecule has 4 heterocycles. The lowest BCUT2D eigenvalue weighted by Gasteiger charge is -2.36. The van der Waals surface area contributed by atoms with Crippen LogP contribution in [-0.4, -0.2) is 65.7 Å². The molecule has 0 aliphatic carbocycles. The summed E-state index contributed by atoms with van der Waals surface area (Å²) < 4.78 is 16.0. The monoisotopic (exact) mass is 477 g/mol. The third-order valence-corrected chi connectivity index (χ3v) is 8.36. The van der Waals surface area contributed by atoms with Crippen LogP contribution in [0.5, 0.6) is 0 Å². The SMILES string of the molecule is CN1CCc2c(sc3ncn(CCN4CCN(c5ccc(F)c6ccccc56)CC4)c(=O)c23)C1. The van der Waals surface area contributed by atoms with E-state index in [0.717, 1.165) is 73.5 Å². The van der Waals surface area contributed by atoms with Crippen molar-refractivity contribution in [3.05, 3.63) is 69.3 Å². The van der Waals surface area contributed by atoms with Crippen LogP contribution in [0.4, 0.5) is 10.1 Å². The van der Waals surface area contributed by atoms with E-state index in [9.17, 15) is 9.18 Å². The first kappa shape index (κ1) is 21.7. The van der Waals surface area contributed by atoms with Crippen molar-refractivity contribution in [2.75, 3.05) is 51.2 Å². The van der Waals surface area contributed by atoms with Crippen molar-refractivity contribution in [1.29, 1.82) is 0 Å².